The molecule has 0 radical (unpaired) electrons. The molecule has 0 aromatic heterocycles. The van der Waals surface area contributed by atoms with E-state index in [0.717, 1.165) is 63.4 Å². The zero-order valence-electron chi connectivity index (χ0n) is 29.0. The molecule has 0 amide bonds. The average Bonchev–Trinajstić information content (AvgIpc) is 3.00. The van der Waals surface area contributed by atoms with Crippen molar-refractivity contribution in [1.82, 2.24) is 0 Å². The zero-order chi connectivity index (χ0) is 31.4. The number of ether oxygens (including phenoxy) is 2. The van der Waals surface area contributed by atoms with Crippen LogP contribution >= 0.6 is 0 Å². The normalized spacial score (nSPS) is 11.3. The van der Waals surface area contributed by atoms with Gasteiger partial charge in [-0.05, 0) is 55.7 Å². The van der Waals surface area contributed by atoms with Gasteiger partial charge < -0.3 is 14.6 Å². The third-order valence-corrected chi connectivity index (χ3v) is 8.74. The molecule has 0 aliphatic heterocycles. The van der Waals surface area contributed by atoms with Crippen molar-refractivity contribution in [3.8, 4) is 11.5 Å². The van der Waals surface area contributed by atoms with Gasteiger partial charge in [0.1, 0.15) is 5.56 Å². The Morgan fingerprint density at radius 1 is 0.535 bits per heavy atom. The van der Waals surface area contributed by atoms with E-state index in [-0.39, 0.29) is 0 Å². The van der Waals surface area contributed by atoms with Crippen LogP contribution in [0.2, 0.25) is 0 Å². The Hall–Kier alpha value is -1.71. The molecular weight excluding hydrogens is 532 g/mol. The molecule has 0 saturated carbocycles. The molecule has 1 aromatic carbocycles. The Morgan fingerprint density at radius 2 is 0.930 bits per heavy atom. The number of aromatic carboxylic acids is 1. The molecule has 4 heteroatoms. The molecule has 0 heterocycles. The molecule has 4 nitrogen and oxygen atoms in total. The van der Waals surface area contributed by atoms with Crippen LogP contribution in [0, 0.1) is 0 Å². The zero-order valence-corrected chi connectivity index (χ0v) is 29.0. The van der Waals surface area contributed by atoms with E-state index < -0.39 is 5.97 Å². The highest BCUT2D eigenvalue weighted by Gasteiger charge is 2.25. The van der Waals surface area contributed by atoms with Gasteiger partial charge in [0.15, 0.2) is 11.5 Å². The third kappa shape index (κ3) is 18.6. The van der Waals surface area contributed by atoms with Crippen LogP contribution in [0.1, 0.15) is 203 Å². The van der Waals surface area contributed by atoms with Gasteiger partial charge in [-0.25, -0.2) is 4.79 Å². The van der Waals surface area contributed by atoms with E-state index >= 15 is 0 Å². The summed E-state index contributed by atoms with van der Waals surface area (Å²) >= 11 is 0. The van der Waals surface area contributed by atoms with Crippen LogP contribution in [0.5, 0.6) is 11.5 Å². The Labute approximate surface area is 267 Å². The Morgan fingerprint density at radius 3 is 1.40 bits per heavy atom. The van der Waals surface area contributed by atoms with Crippen LogP contribution < -0.4 is 9.47 Å². The van der Waals surface area contributed by atoms with Gasteiger partial charge in [0.25, 0.3) is 0 Å². The lowest BCUT2D eigenvalue weighted by atomic mass is 9.91. The molecule has 0 spiro atoms. The summed E-state index contributed by atoms with van der Waals surface area (Å²) < 4.78 is 12.7. The minimum atomic E-state index is -0.867. The number of hydrogen-bond acceptors (Lipinski definition) is 3. The van der Waals surface area contributed by atoms with Crippen molar-refractivity contribution >= 4 is 5.97 Å². The fraction of sp³-hybridized carbons (Fsp3) is 0.821. The Balaban J connectivity index is 3.16. The van der Waals surface area contributed by atoms with Gasteiger partial charge in [0.05, 0.1) is 13.2 Å². The van der Waals surface area contributed by atoms with E-state index in [1.165, 1.54) is 115 Å². The third-order valence-electron chi connectivity index (χ3n) is 8.74. The van der Waals surface area contributed by atoms with Crippen molar-refractivity contribution in [3.05, 3.63) is 22.8 Å². The minimum Gasteiger partial charge on any atom is -0.490 e. The summed E-state index contributed by atoms with van der Waals surface area (Å²) in [6.07, 6.45) is 30.6. The molecule has 0 bridgehead atoms. The highest BCUT2D eigenvalue weighted by Crippen LogP contribution is 2.39. The fourth-order valence-corrected chi connectivity index (χ4v) is 6.02. The molecule has 43 heavy (non-hydrogen) atoms. The second-order valence-electron chi connectivity index (χ2n) is 12.8. The van der Waals surface area contributed by atoms with Crippen LogP contribution in [-0.2, 0) is 12.8 Å². The number of carboxylic acid groups (broad SMARTS) is 1. The van der Waals surface area contributed by atoms with Gasteiger partial charge in [-0.2, -0.15) is 0 Å². The summed E-state index contributed by atoms with van der Waals surface area (Å²) in [6.45, 7) is 10.1. The first kappa shape index (κ1) is 39.3. The molecule has 250 valence electrons. The molecule has 1 aromatic rings. The average molecular weight is 603 g/mol. The molecule has 0 aliphatic carbocycles. The minimum absolute atomic E-state index is 0.376. The Bertz CT molecular complexity index is 803. The molecule has 0 atom stereocenters. The second-order valence-corrected chi connectivity index (χ2v) is 12.8. The summed E-state index contributed by atoms with van der Waals surface area (Å²) in [6, 6.07) is 2.17. The number of hydrogen-bond donors (Lipinski definition) is 1. The maximum atomic E-state index is 12.9. The van der Waals surface area contributed by atoms with Crippen molar-refractivity contribution in [3.63, 3.8) is 0 Å². The standard InChI is InChI=1S/C39H70O4/c1-5-9-13-17-21-25-29-34-33-36(42-31-27-23-19-15-11-7-3)38(43-32-28-24-20-16-12-8-4)37(39(40)41)35(34)30-26-22-18-14-10-6-2/h33H,5-32H2,1-4H3,(H,40,41). The number of benzene rings is 1. The predicted octanol–water partition coefficient (Wildman–Crippen LogP) is 12.7. The van der Waals surface area contributed by atoms with E-state index in [9.17, 15) is 9.90 Å². The van der Waals surface area contributed by atoms with Gasteiger partial charge in [-0.1, -0.05) is 156 Å². The lowest BCUT2D eigenvalue weighted by molar-refractivity contribution is 0.0689. The molecule has 1 rings (SSSR count). The highest BCUT2D eigenvalue weighted by molar-refractivity contribution is 5.94. The van der Waals surface area contributed by atoms with Gasteiger partial charge in [0, 0.05) is 0 Å². The number of aryl methyl sites for hydroxylation is 1. The lowest BCUT2D eigenvalue weighted by Gasteiger charge is -2.21. The number of rotatable bonds is 31. The van der Waals surface area contributed by atoms with Crippen molar-refractivity contribution in [2.45, 2.75) is 195 Å². The van der Waals surface area contributed by atoms with E-state index in [2.05, 4.69) is 33.8 Å². The van der Waals surface area contributed by atoms with E-state index in [1.54, 1.807) is 0 Å². The highest BCUT2D eigenvalue weighted by atomic mass is 16.5. The largest absolute Gasteiger partial charge is 0.490 e. The summed E-state index contributed by atoms with van der Waals surface area (Å²) in [4.78, 5) is 12.9. The second kappa shape index (κ2) is 27.8. The van der Waals surface area contributed by atoms with E-state index in [0.29, 0.717) is 30.3 Å². The first-order valence-corrected chi connectivity index (χ1v) is 18.8. The van der Waals surface area contributed by atoms with Gasteiger partial charge >= 0.3 is 5.97 Å². The van der Waals surface area contributed by atoms with Crippen LogP contribution in [-0.4, -0.2) is 24.3 Å². The van der Waals surface area contributed by atoms with Crippen LogP contribution in [0.15, 0.2) is 6.07 Å². The molecule has 0 aliphatic rings. The van der Waals surface area contributed by atoms with Crippen LogP contribution in [0.3, 0.4) is 0 Å². The van der Waals surface area contributed by atoms with Crippen LogP contribution in [0.4, 0.5) is 0 Å². The maximum Gasteiger partial charge on any atom is 0.339 e. The molecular formula is C39H70O4. The van der Waals surface area contributed by atoms with Gasteiger partial charge in [0.2, 0.25) is 0 Å². The number of unbranched alkanes of at least 4 members (excludes halogenated alkanes) is 20. The first-order valence-electron chi connectivity index (χ1n) is 18.8. The Kier molecular flexibility index (Phi) is 25.4. The topological polar surface area (TPSA) is 55.8 Å². The molecule has 0 fully saturated rings. The van der Waals surface area contributed by atoms with Gasteiger partial charge in [-0.3, -0.25) is 0 Å². The van der Waals surface area contributed by atoms with E-state index in [4.69, 9.17) is 9.47 Å². The monoisotopic (exact) mass is 603 g/mol. The lowest BCUT2D eigenvalue weighted by Crippen LogP contribution is -2.13. The number of carbonyl (C=O) groups is 1. The maximum absolute atomic E-state index is 12.9. The summed E-state index contributed by atoms with van der Waals surface area (Å²) in [5.41, 5.74) is 2.55. The van der Waals surface area contributed by atoms with Crippen molar-refractivity contribution in [2.75, 3.05) is 13.2 Å². The molecule has 0 unspecified atom stereocenters. The first-order chi connectivity index (χ1) is 21.1. The van der Waals surface area contributed by atoms with Gasteiger partial charge in [-0.15, -0.1) is 0 Å². The SMILES string of the molecule is CCCCCCCCOc1cc(CCCCCCCC)c(CCCCCCCC)c(C(=O)O)c1OCCCCCCCC. The van der Waals surface area contributed by atoms with E-state index in [1.807, 2.05) is 0 Å². The summed E-state index contributed by atoms with van der Waals surface area (Å²) in [5.74, 6) is 0.275. The quantitative estimate of drug-likeness (QED) is 0.0859. The number of carboxylic acids is 1. The fourth-order valence-electron chi connectivity index (χ4n) is 6.02. The summed E-state index contributed by atoms with van der Waals surface area (Å²) in [5, 5.41) is 10.6. The van der Waals surface area contributed by atoms with Crippen molar-refractivity contribution in [2.24, 2.45) is 0 Å². The predicted molar refractivity (Wildman–Crippen MR) is 185 cm³/mol. The summed E-state index contributed by atoms with van der Waals surface area (Å²) in [7, 11) is 0. The van der Waals surface area contributed by atoms with Crippen LogP contribution in [0.25, 0.3) is 0 Å². The molecule has 0 saturated heterocycles. The smallest absolute Gasteiger partial charge is 0.339 e. The molecule has 1 N–H and O–H groups in total. The van der Waals surface area contributed by atoms with Crippen molar-refractivity contribution in [1.29, 1.82) is 0 Å². The van der Waals surface area contributed by atoms with Crippen molar-refractivity contribution < 1.29 is 19.4 Å².